The highest BCUT2D eigenvalue weighted by Crippen LogP contribution is 2.24. The molecule has 176 valence electrons. The fraction of sp³-hybridized carbons (Fsp3) is 0.375. The van der Waals surface area contributed by atoms with E-state index in [2.05, 4.69) is 33.1 Å². The van der Waals surface area contributed by atoms with Crippen molar-refractivity contribution in [2.45, 2.75) is 38.4 Å². The Morgan fingerprint density at radius 1 is 1.33 bits per heavy atom. The summed E-state index contributed by atoms with van der Waals surface area (Å²) in [6, 6.07) is 10.8. The quantitative estimate of drug-likeness (QED) is 0.472. The lowest BCUT2D eigenvalue weighted by atomic mass is 9.96. The molecule has 0 bridgehead atoms. The minimum Gasteiger partial charge on any atom is -0.350 e. The average molecular weight is 493 g/mol. The maximum absolute atomic E-state index is 12.7. The average Bonchev–Trinajstić information content (AvgIpc) is 3.42. The number of hydrogen-bond acceptors (Lipinski definition) is 4. The summed E-state index contributed by atoms with van der Waals surface area (Å²) in [5.74, 6) is -0.153. The van der Waals surface area contributed by atoms with Gasteiger partial charge in [0.2, 0.25) is 11.8 Å². The van der Waals surface area contributed by atoms with Crippen LogP contribution in [0.15, 0.2) is 48.8 Å². The standard InChI is InChI=1S/C24H28ClN5O2.ClH/c1-15(23(31)28-13-18-9-19-20(25)14-30(2)22(19)27-12-18)29-24(32)21-10-17(11-26-21)8-16-6-4-3-5-7-16;/h3-7,9,12,14-15,17,21,26H,8,10-11,13H2,1-2H3,(H,28,31)(H,29,32);1H/t15?,17-,21+;/m0./s1/i2D3;. The summed E-state index contributed by atoms with van der Waals surface area (Å²) >= 11 is 6.19. The normalized spacial score (nSPS) is 20.2. The zero-order valence-electron chi connectivity index (χ0n) is 21.2. The first-order valence-corrected chi connectivity index (χ1v) is 11.0. The third kappa shape index (κ3) is 6.05. The van der Waals surface area contributed by atoms with Gasteiger partial charge in [0.15, 0.2) is 0 Å². The van der Waals surface area contributed by atoms with Crippen molar-refractivity contribution in [3.8, 4) is 0 Å². The van der Waals surface area contributed by atoms with Crippen molar-refractivity contribution in [3.05, 3.63) is 64.9 Å². The lowest BCUT2D eigenvalue weighted by molar-refractivity contribution is -0.129. The van der Waals surface area contributed by atoms with Crippen molar-refractivity contribution in [2.75, 3.05) is 6.54 Å². The molecule has 0 saturated carbocycles. The second-order valence-corrected chi connectivity index (χ2v) is 8.67. The van der Waals surface area contributed by atoms with Gasteiger partial charge in [0, 0.05) is 35.4 Å². The van der Waals surface area contributed by atoms with Gasteiger partial charge >= 0.3 is 0 Å². The molecule has 1 aliphatic heterocycles. The molecule has 4 rings (SSSR count). The molecule has 3 N–H and O–H groups in total. The Bertz CT molecular complexity index is 1220. The number of hydrogen-bond donors (Lipinski definition) is 3. The zero-order chi connectivity index (χ0) is 25.2. The van der Waals surface area contributed by atoms with Crippen molar-refractivity contribution in [1.82, 2.24) is 25.5 Å². The number of halogens is 2. The number of carbonyl (C=O) groups excluding carboxylic acids is 2. The summed E-state index contributed by atoms with van der Waals surface area (Å²) < 4.78 is 23.8. The second kappa shape index (κ2) is 11.0. The van der Waals surface area contributed by atoms with Crippen molar-refractivity contribution < 1.29 is 13.7 Å². The van der Waals surface area contributed by atoms with E-state index in [0.29, 0.717) is 16.9 Å². The summed E-state index contributed by atoms with van der Waals surface area (Å²) in [4.78, 5) is 29.5. The van der Waals surface area contributed by atoms with Crippen LogP contribution < -0.4 is 16.0 Å². The number of aryl methyl sites for hydroxylation is 1. The Kier molecular flexibility index (Phi) is 6.99. The van der Waals surface area contributed by atoms with Gasteiger partial charge in [0.05, 0.1) is 11.1 Å². The van der Waals surface area contributed by atoms with Crippen molar-refractivity contribution >= 4 is 46.9 Å². The summed E-state index contributed by atoms with van der Waals surface area (Å²) in [7, 11) is 0. The molecular formula is C24H29Cl2N5O2. The van der Waals surface area contributed by atoms with E-state index < -0.39 is 13.0 Å². The van der Waals surface area contributed by atoms with Gasteiger partial charge in [-0.1, -0.05) is 41.9 Å². The molecular weight excluding hydrogens is 461 g/mol. The molecule has 1 saturated heterocycles. The van der Waals surface area contributed by atoms with Crippen LogP contribution in [0.3, 0.4) is 0 Å². The maximum atomic E-state index is 12.7. The first-order chi connectivity index (χ1) is 16.6. The molecule has 0 aliphatic carbocycles. The Labute approximate surface area is 208 Å². The summed E-state index contributed by atoms with van der Waals surface area (Å²) in [5, 5.41) is 9.59. The fourth-order valence-electron chi connectivity index (χ4n) is 4.04. The molecule has 2 aromatic heterocycles. The Morgan fingerprint density at radius 2 is 2.12 bits per heavy atom. The van der Waals surface area contributed by atoms with E-state index in [1.54, 1.807) is 13.0 Å². The Balaban J connectivity index is 0.00000361. The molecule has 1 aromatic carbocycles. The SMILES string of the molecule is Cl.[2H]C([2H])([2H])n1cc(Cl)c2cc(CNC(=O)C(C)NC(=O)[C@H]3C[C@H](Cc4ccccc4)CN3)cnc21. The summed E-state index contributed by atoms with van der Waals surface area (Å²) in [6.07, 6.45) is 4.45. The highest BCUT2D eigenvalue weighted by molar-refractivity contribution is 6.35. The van der Waals surface area contributed by atoms with Gasteiger partial charge in [0.25, 0.3) is 0 Å². The highest BCUT2D eigenvalue weighted by Gasteiger charge is 2.30. The molecule has 7 nitrogen and oxygen atoms in total. The lowest BCUT2D eigenvalue weighted by Crippen LogP contribution is -2.49. The Hall–Kier alpha value is -2.61. The number of nitrogens with zero attached hydrogens (tertiary/aromatic N) is 2. The molecule has 9 heteroatoms. The van der Waals surface area contributed by atoms with Gasteiger partial charge in [0.1, 0.15) is 11.7 Å². The molecule has 33 heavy (non-hydrogen) atoms. The van der Waals surface area contributed by atoms with E-state index in [9.17, 15) is 9.59 Å². The van der Waals surface area contributed by atoms with Crippen molar-refractivity contribution in [2.24, 2.45) is 12.9 Å². The first kappa shape index (κ1) is 21.0. The minimum atomic E-state index is -2.39. The summed E-state index contributed by atoms with van der Waals surface area (Å²) in [6.45, 7) is 0.170. The molecule has 0 radical (unpaired) electrons. The first-order valence-electron chi connectivity index (χ1n) is 12.1. The van der Waals surface area contributed by atoms with Crippen LogP contribution in [0.25, 0.3) is 11.0 Å². The highest BCUT2D eigenvalue weighted by atomic mass is 35.5. The number of carbonyl (C=O) groups is 2. The number of aromatic nitrogens is 2. The van der Waals surface area contributed by atoms with Crippen LogP contribution in [-0.2, 0) is 29.5 Å². The zero-order valence-corrected chi connectivity index (χ0v) is 19.7. The van der Waals surface area contributed by atoms with Gasteiger partial charge < -0.3 is 20.5 Å². The van der Waals surface area contributed by atoms with Crippen molar-refractivity contribution in [3.63, 3.8) is 0 Å². The smallest absolute Gasteiger partial charge is 0.242 e. The van der Waals surface area contributed by atoms with Crippen LogP contribution in [0.4, 0.5) is 0 Å². The molecule has 1 aliphatic rings. The van der Waals surface area contributed by atoms with Gasteiger partial charge in [-0.3, -0.25) is 9.59 Å². The largest absolute Gasteiger partial charge is 0.350 e. The monoisotopic (exact) mass is 492 g/mol. The van der Waals surface area contributed by atoms with E-state index in [1.807, 2.05) is 18.2 Å². The third-order valence-corrected chi connectivity index (χ3v) is 6.08. The molecule has 3 aromatic rings. The lowest BCUT2D eigenvalue weighted by Gasteiger charge is -2.17. The van der Waals surface area contributed by atoms with Crippen LogP contribution in [0, 0.1) is 5.92 Å². The van der Waals surface area contributed by atoms with E-state index in [0.717, 1.165) is 24.0 Å². The number of pyridine rings is 1. The van der Waals surface area contributed by atoms with Crippen LogP contribution in [0.5, 0.6) is 0 Å². The van der Waals surface area contributed by atoms with E-state index in [1.165, 1.54) is 18.0 Å². The predicted molar refractivity (Wildman–Crippen MR) is 132 cm³/mol. The second-order valence-electron chi connectivity index (χ2n) is 8.26. The Morgan fingerprint density at radius 3 is 2.88 bits per heavy atom. The number of nitrogens with one attached hydrogen (secondary N) is 3. The van der Waals surface area contributed by atoms with E-state index >= 15 is 0 Å². The van der Waals surface area contributed by atoms with E-state index in [4.69, 9.17) is 15.7 Å². The number of amides is 2. The van der Waals surface area contributed by atoms with Crippen LogP contribution in [0.2, 0.25) is 5.02 Å². The molecule has 1 fully saturated rings. The van der Waals surface area contributed by atoms with Gasteiger partial charge in [-0.15, -0.1) is 12.4 Å². The molecule has 0 spiro atoms. The molecule has 3 atom stereocenters. The predicted octanol–water partition coefficient (Wildman–Crippen LogP) is 2.99. The fourth-order valence-corrected chi connectivity index (χ4v) is 4.28. The topological polar surface area (TPSA) is 88.0 Å². The molecule has 3 heterocycles. The van der Waals surface area contributed by atoms with Gasteiger partial charge in [-0.25, -0.2) is 4.98 Å². The van der Waals surface area contributed by atoms with Gasteiger partial charge in [-0.2, -0.15) is 0 Å². The summed E-state index contributed by atoms with van der Waals surface area (Å²) in [5.41, 5.74) is 2.16. The number of rotatable bonds is 7. The molecule has 2 amide bonds. The number of fused-ring (bicyclic) bond motifs is 1. The van der Waals surface area contributed by atoms with Crippen LogP contribution in [0.1, 0.15) is 28.6 Å². The van der Waals surface area contributed by atoms with Crippen LogP contribution in [-0.4, -0.2) is 40.0 Å². The number of benzene rings is 1. The van der Waals surface area contributed by atoms with Gasteiger partial charge in [-0.05, 0) is 49.4 Å². The van der Waals surface area contributed by atoms with E-state index in [-0.39, 0.29) is 47.5 Å². The molecule has 1 unspecified atom stereocenters. The third-order valence-electron chi connectivity index (χ3n) is 5.78. The maximum Gasteiger partial charge on any atom is 0.242 e. The van der Waals surface area contributed by atoms with Crippen molar-refractivity contribution in [1.29, 1.82) is 0 Å². The minimum absolute atomic E-state index is 0. The van der Waals surface area contributed by atoms with Crippen LogP contribution >= 0.6 is 24.0 Å².